The maximum atomic E-state index is 13.3. The van der Waals surface area contributed by atoms with Crippen LogP contribution in [0.25, 0.3) is 16.9 Å². The third-order valence-corrected chi connectivity index (χ3v) is 6.63. The molecule has 0 spiro atoms. The number of benzene rings is 1. The summed E-state index contributed by atoms with van der Waals surface area (Å²) in [5, 5.41) is 13.3. The van der Waals surface area contributed by atoms with Crippen LogP contribution in [0.1, 0.15) is 41.8 Å². The molecule has 0 saturated heterocycles. The van der Waals surface area contributed by atoms with Crippen LogP contribution in [-0.4, -0.2) is 29.6 Å². The molecule has 4 aromatic rings. The van der Waals surface area contributed by atoms with Crippen LogP contribution < -0.4 is 10.3 Å². The number of hydrogen-bond donors (Lipinski definition) is 1. The molecular weight excluding hydrogens is 509 g/mol. The summed E-state index contributed by atoms with van der Waals surface area (Å²) in [6.07, 6.45) is 1.65. The highest BCUT2D eigenvalue weighted by Gasteiger charge is 2.22. The van der Waals surface area contributed by atoms with Gasteiger partial charge >= 0.3 is 0 Å². The van der Waals surface area contributed by atoms with E-state index in [1.54, 1.807) is 45.2 Å². The lowest BCUT2D eigenvalue weighted by Crippen LogP contribution is -2.24. The second-order valence-electron chi connectivity index (χ2n) is 8.52. The molecule has 0 atom stereocenters. The first-order chi connectivity index (χ1) is 16.5. The van der Waals surface area contributed by atoms with E-state index in [2.05, 4.69) is 19.9 Å². The maximum Gasteiger partial charge on any atom is 0.280 e. The average Bonchev–Trinajstić information content (AvgIpc) is 3.21. The van der Waals surface area contributed by atoms with Crippen LogP contribution in [0.5, 0.6) is 5.88 Å². The Hall–Kier alpha value is -2.85. The number of hydrogen-bond acceptors (Lipinski definition) is 8. The number of rotatable bonds is 6. The summed E-state index contributed by atoms with van der Waals surface area (Å²) in [4.78, 5) is 30.8. The summed E-state index contributed by atoms with van der Waals surface area (Å²) in [6.45, 7) is 8.81. The Morgan fingerprint density at radius 1 is 1.14 bits per heavy atom. The van der Waals surface area contributed by atoms with Gasteiger partial charge in [-0.2, -0.15) is 4.98 Å². The normalized spacial score (nSPS) is 11.7. The van der Waals surface area contributed by atoms with Gasteiger partial charge in [0.05, 0.1) is 27.1 Å². The number of aromatic nitrogens is 5. The summed E-state index contributed by atoms with van der Waals surface area (Å²) < 4.78 is 7.02. The van der Waals surface area contributed by atoms with Crippen LogP contribution in [-0.2, 0) is 12.2 Å². The van der Waals surface area contributed by atoms with E-state index < -0.39 is 11.2 Å². The quantitative estimate of drug-likeness (QED) is 0.365. The van der Waals surface area contributed by atoms with E-state index in [9.17, 15) is 9.90 Å². The summed E-state index contributed by atoms with van der Waals surface area (Å²) in [7, 11) is 0. The molecule has 0 aliphatic rings. The SMILES string of the molecule is Cc1nc(COc2nc(C)n(-c3cc(-c4nc(C(C)(C)O)ncc4C)ccc3Cl)c(=O)c2Cl)cs1. The number of thiazole rings is 1. The van der Waals surface area contributed by atoms with Gasteiger partial charge in [0.2, 0.25) is 5.88 Å². The zero-order chi connectivity index (χ0) is 25.5. The first kappa shape index (κ1) is 25.2. The minimum atomic E-state index is -1.21. The number of aliphatic hydroxyl groups is 1. The third-order valence-electron chi connectivity index (χ3n) is 5.17. The zero-order valence-electron chi connectivity index (χ0n) is 19.8. The van der Waals surface area contributed by atoms with E-state index in [1.165, 1.54) is 15.9 Å². The fourth-order valence-electron chi connectivity index (χ4n) is 3.44. The van der Waals surface area contributed by atoms with E-state index >= 15 is 0 Å². The van der Waals surface area contributed by atoms with Crippen molar-refractivity contribution in [2.45, 2.75) is 46.8 Å². The predicted molar refractivity (Wildman–Crippen MR) is 137 cm³/mol. The van der Waals surface area contributed by atoms with Gasteiger partial charge in [0.1, 0.15) is 18.0 Å². The monoisotopic (exact) mass is 531 g/mol. The van der Waals surface area contributed by atoms with Gasteiger partial charge in [-0.15, -0.1) is 11.3 Å². The molecule has 0 aliphatic heterocycles. The molecule has 1 aromatic carbocycles. The molecule has 8 nitrogen and oxygen atoms in total. The molecule has 3 heterocycles. The fraction of sp³-hybridized carbons (Fsp3) is 0.292. The Balaban J connectivity index is 1.76. The molecule has 0 fully saturated rings. The molecular formula is C24H23Cl2N5O3S. The lowest BCUT2D eigenvalue weighted by Gasteiger charge is -2.18. The average molecular weight is 532 g/mol. The largest absolute Gasteiger partial charge is 0.470 e. The molecule has 0 bridgehead atoms. The van der Waals surface area contributed by atoms with E-state index in [-0.39, 0.29) is 23.3 Å². The highest BCUT2D eigenvalue weighted by atomic mass is 35.5. The van der Waals surface area contributed by atoms with Crippen molar-refractivity contribution in [1.82, 2.24) is 24.5 Å². The van der Waals surface area contributed by atoms with Crippen molar-refractivity contribution < 1.29 is 9.84 Å². The van der Waals surface area contributed by atoms with Gasteiger partial charge in [-0.1, -0.05) is 29.3 Å². The van der Waals surface area contributed by atoms with Crippen molar-refractivity contribution in [2.75, 3.05) is 0 Å². The van der Waals surface area contributed by atoms with Crippen LogP contribution >= 0.6 is 34.5 Å². The van der Waals surface area contributed by atoms with Gasteiger partial charge in [0.25, 0.3) is 5.56 Å². The van der Waals surface area contributed by atoms with Gasteiger partial charge in [-0.3, -0.25) is 9.36 Å². The van der Waals surface area contributed by atoms with Gasteiger partial charge in [-0.05, 0) is 52.3 Å². The lowest BCUT2D eigenvalue weighted by atomic mass is 10.0. The summed E-state index contributed by atoms with van der Waals surface area (Å²) in [5.74, 6) is 0.661. The van der Waals surface area contributed by atoms with Gasteiger partial charge in [-0.25, -0.2) is 15.0 Å². The molecule has 0 radical (unpaired) electrons. The molecule has 1 N–H and O–H groups in total. The molecule has 0 amide bonds. The van der Waals surface area contributed by atoms with Gasteiger partial charge < -0.3 is 9.84 Å². The number of ether oxygens (including phenoxy) is 1. The molecule has 3 aromatic heterocycles. The van der Waals surface area contributed by atoms with E-state index in [4.69, 9.17) is 27.9 Å². The first-order valence-electron chi connectivity index (χ1n) is 10.7. The Morgan fingerprint density at radius 3 is 2.54 bits per heavy atom. The standard InChI is InChI=1S/C24H23Cl2N5O3S/c1-12-9-27-23(24(4,5)33)30-20(12)15-6-7-17(25)18(8-15)31-13(2)28-21(19(26)22(31)32)34-10-16-11-35-14(3)29-16/h6-9,11,33H,10H2,1-5H3. The Bertz CT molecular complexity index is 1480. The molecule has 4 rings (SSSR count). The van der Waals surface area contributed by atoms with E-state index in [0.29, 0.717) is 27.8 Å². The summed E-state index contributed by atoms with van der Waals surface area (Å²) in [6, 6.07) is 5.20. The Kier molecular flexibility index (Phi) is 6.97. The second-order valence-corrected chi connectivity index (χ2v) is 10.4. The zero-order valence-corrected chi connectivity index (χ0v) is 22.1. The minimum Gasteiger partial charge on any atom is -0.470 e. The topological polar surface area (TPSA) is 103 Å². The van der Waals surface area contributed by atoms with Gasteiger partial charge in [0.15, 0.2) is 10.8 Å². The smallest absolute Gasteiger partial charge is 0.280 e. The van der Waals surface area contributed by atoms with Crippen LogP contribution in [0.2, 0.25) is 10.0 Å². The molecule has 35 heavy (non-hydrogen) atoms. The van der Waals surface area contributed by atoms with Crippen molar-refractivity contribution in [3.63, 3.8) is 0 Å². The van der Waals surface area contributed by atoms with E-state index in [1.807, 2.05) is 19.2 Å². The lowest BCUT2D eigenvalue weighted by molar-refractivity contribution is 0.0688. The van der Waals surface area contributed by atoms with Crippen LogP contribution in [0.3, 0.4) is 0 Å². The summed E-state index contributed by atoms with van der Waals surface area (Å²) in [5.41, 5.74) is 1.50. The van der Waals surface area contributed by atoms with Crippen LogP contribution in [0.4, 0.5) is 0 Å². The second kappa shape index (κ2) is 9.66. The highest BCUT2D eigenvalue weighted by Crippen LogP contribution is 2.31. The molecule has 0 saturated carbocycles. The number of aryl methyl sites for hydroxylation is 3. The summed E-state index contributed by atoms with van der Waals surface area (Å²) >= 11 is 14.4. The molecule has 182 valence electrons. The van der Waals surface area contributed by atoms with Crippen LogP contribution in [0, 0.1) is 20.8 Å². The van der Waals surface area contributed by atoms with Crippen molar-refractivity contribution in [2.24, 2.45) is 0 Å². The Labute approximate surface area is 216 Å². The van der Waals surface area contributed by atoms with Crippen molar-refractivity contribution >= 4 is 34.5 Å². The predicted octanol–water partition coefficient (Wildman–Crippen LogP) is 5.18. The van der Waals surface area contributed by atoms with Crippen LogP contribution in [0.15, 0.2) is 34.6 Å². The van der Waals surface area contributed by atoms with Gasteiger partial charge in [0, 0.05) is 17.1 Å². The molecule has 11 heteroatoms. The first-order valence-corrected chi connectivity index (χ1v) is 12.3. The third kappa shape index (κ3) is 5.23. The minimum absolute atomic E-state index is 0.0322. The number of halogens is 2. The van der Waals surface area contributed by atoms with Crippen molar-refractivity contribution in [1.29, 1.82) is 0 Å². The van der Waals surface area contributed by atoms with E-state index in [0.717, 1.165) is 16.3 Å². The Morgan fingerprint density at radius 2 is 1.89 bits per heavy atom. The maximum absolute atomic E-state index is 13.3. The van der Waals surface area contributed by atoms with Crippen molar-refractivity contribution in [3.8, 4) is 22.8 Å². The highest BCUT2D eigenvalue weighted by molar-refractivity contribution is 7.09. The molecule has 0 unspecified atom stereocenters. The number of nitrogens with zero attached hydrogens (tertiary/aromatic N) is 5. The fourth-order valence-corrected chi connectivity index (χ4v) is 4.42. The van der Waals surface area contributed by atoms with Crippen molar-refractivity contribution in [3.05, 3.63) is 78.1 Å². The molecule has 0 aliphatic carbocycles.